The van der Waals surface area contributed by atoms with Gasteiger partial charge in [0.05, 0.1) is 0 Å². The number of hydrogen-bond acceptors (Lipinski definition) is 2. The minimum atomic E-state index is -0.472. The molecule has 1 rings (SSSR count). The first kappa shape index (κ1) is 8.59. The van der Waals surface area contributed by atoms with Gasteiger partial charge in [-0.2, -0.15) is 0 Å². The molecule has 64 valence electrons. The zero-order valence-electron chi connectivity index (χ0n) is 6.71. The summed E-state index contributed by atoms with van der Waals surface area (Å²) >= 11 is 0. The van der Waals surface area contributed by atoms with Gasteiger partial charge in [0.15, 0.2) is 0 Å². The number of rotatable bonds is 1. The number of phenolic OH excluding ortho intramolecular Hbond substituents is 1. The number of aromatic hydroxyl groups is 1. The molecule has 0 saturated heterocycles. The quantitative estimate of drug-likeness (QED) is 0.670. The molecule has 0 atom stereocenters. The first-order valence-corrected chi connectivity index (χ1v) is 3.56. The first-order valence-electron chi connectivity index (χ1n) is 3.56. The summed E-state index contributed by atoms with van der Waals surface area (Å²) in [4.78, 5) is 0. The molecule has 2 nitrogen and oxygen atoms in total. The summed E-state index contributed by atoms with van der Waals surface area (Å²) in [7, 11) is 0. The summed E-state index contributed by atoms with van der Waals surface area (Å²) in [6.45, 7) is 1.75. The van der Waals surface area contributed by atoms with E-state index in [4.69, 9.17) is 5.73 Å². The van der Waals surface area contributed by atoms with Crippen LogP contribution in [0.15, 0.2) is 24.3 Å². The average Bonchev–Trinajstić information content (AvgIpc) is 2.03. The summed E-state index contributed by atoms with van der Waals surface area (Å²) in [6.07, 6.45) is 1.65. The molecular weight excluding hydrogens is 157 g/mol. The van der Waals surface area contributed by atoms with Gasteiger partial charge in [0.2, 0.25) is 0 Å². The van der Waals surface area contributed by atoms with E-state index in [1.54, 1.807) is 13.0 Å². The molecule has 3 heteroatoms. The summed E-state index contributed by atoms with van der Waals surface area (Å²) in [6, 6.07) is 3.73. The Labute approximate surface area is 70.1 Å². The third-order valence-electron chi connectivity index (χ3n) is 1.58. The lowest BCUT2D eigenvalue weighted by Gasteiger charge is -2.03. The van der Waals surface area contributed by atoms with E-state index in [0.29, 0.717) is 11.3 Å². The van der Waals surface area contributed by atoms with Gasteiger partial charge >= 0.3 is 0 Å². The van der Waals surface area contributed by atoms with Crippen LogP contribution in [0.25, 0.3) is 5.70 Å². The summed E-state index contributed by atoms with van der Waals surface area (Å²) in [5.74, 6) is -0.606. The lowest BCUT2D eigenvalue weighted by molar-refractivity contribution is 0.467. The SMILES string of the molecule is CC=C(N)c1ccc(F)cc1O. The molecule has 0 radical (unpaired) electrons. The van der Waals surface area contributed by atoms with E-state index in [9.17, 15) is 9.50 Å². The Morgan fingerprint density at radius 2 is 2.25 bits per heavy atom. The van der Waals surface area contributed by atoms with Crippen molar-refractivity contribution in [3.05, 3.63) is 35.7 Å². The van der Waals surface area contributed by atoms with Gasteiger partial charge in [-0.3, -0.25) is 0 Å². The van der Waals surface area contributed by atoms with Crippen LogP contribution in [0.1, 0.15) is 12.5 Å². The molecular formula is C9H10FNO. The maximum atomic E-state index is 12.5. The van der Waals surface area contributed by atoms with Crippen molar-refractivity contribution >= 4 is 5.70 Å². The van der Waals surface area contributed by atoms with E-state index in [2.05, 4.69) is 0 Å². The zero-order valence-corrected chi connectivity index (χ0v) is 6.71. The van der Waals surface area contributed by atoms with E-state index in [-0.39, 0.29) is 5.75 Å². The summed E-state index contributed by atoms with van der Waals surface area (Å²) in [5.41, 5.74) is 6.42. The van der Waals surface area contributed by atoms with Crippen LogP contribution in [0.2, 0.25) is 0 Å². The number of halogens is 1. The molecule has 0 aliphatic rings. The fourth-order valence-corrected chi connectivity index (χ4v) is 0.904. The second kappa shape index (κ2) is 3.26. The standard InChI is InChI=1S/C9H10FNO/c1-2-8(11)7-4-3-6(10)5-9(7)12/h2-5,12H,11H2,1H3. The molecule has 0 fully saturated rings. The molecule has 3 N–H and O–H groups in total. The Morgan fingerprint density at radius 3 is 2.75 bits per heavy atom. The third kappa shape index (κ3) is 1.56. The van der Waals surface area contributed by atoms with Crippen molar-refractivity contribution < 1.29 is 9.50 Å². The van der Waals surface area contributed by atoms with Gasteiger partial charge in [-0.25, -0.2) is 4.39 Å². The first-order chi connectivity index (χ1) is 5.65. The van der Waals surface area contributed by atoms with Crippen molar-refractivity contribution in [1.82, 2.24) is 0 Å². The van der Waals surface area contributed by atoms with Crippen LogP contribution in [0.5, 0.6) is 5.75 Å². The number of nitrogens with two attached hydrogens (primary N) is 1. The lowest BCUT2D eigenvalue weighted by Crippen LogP contribution is -1.95. The van der Waals surface area contributed by atoms with Gasteiger partial charge in [0.25, 0.3) is 0 Å². The van der Waals surface area contributed by atoms with Gasteiger partial charge < -0.3 is 10.8 Å². The van der Waals surface area contributed by atoms with Gasteiger partial charge in [-0.1, -0.05) is 6.08 Å². The number of hydrogen-bond donors (Lipinski definition) is 2. The highest BCUT2D eigenvalue weighted by Gasteiger charge is 2.03. The molecule has 0 aliphatic heterocycles. The van der Waals surface area contributed by atoms with E-state index < -0.39 is 5.82 Å². The zero-order chi connectivity index (χ0) is 9.14. The second-order valence-electron chi connectivity index (χ2n) is 2.41. The minimum Gasteiger partial charge on any atom is -0.507 e. The maximum absolute atomic E-state index is 12.5. The fraction of sp³-hybridized carbons (Fsp3) is 0.111. The van der Waals surface area contributed by atoms with E-state index in [1.807, 2.05) is 0 Å². The Morgan fingerprint density at radius 1 is 1.58 bits per heavy atom. The summed E-state index contributed by atoms with van der Waals surface area (Å²) < 4.78 is 12.5. The molecule has 0 spiro atoms. The van der Waals surface area contributed by atoms with Crippen molar-refractivity contribution in [2.24, 2.45) is 5.73 Å². The molecule has 0 heterocycles. The van der Waals surface area contributed by atoms with E-state index in [0.717, 1.165) is 6.07 Å². The molecule has 0 bridgehead atoms. The molecule has 1 aromatic rings. The van der Waals surface area contributed by atoms with Crippen LogP contribution >= 0.6 is 0 Å². The number of phenols is 1. The van der Waals surface area contributed by atoms with Crippen molar-refractivity contribution in [3.8, 4) is 5.75 Å². The van der Waals surface area contributed by atoms with E-state index >= 15 is 0 Å². The van der Waals surface area contributed by atoms with Crippen LogP contribution in [-0.2, 0) is 0 Å². The van der Waals surface area contributed by atoms with Gasteiger partial charge in [0, 0.05) is 17.3 Å². The van der Waals surface area contributed by atoms with E-state index in [1.165, 1.54) is 12.1 Å². The van der Waals surface area contributed by atoms with Crippen molar-refractivity contribution in [2.45, 2.75) is 6.92 Å². The predicted octanol–water partition coefficient (Wildman–Crippen LogP) is 1.85. The van der Waals surface area contributed by atoms with Gasteiger partial charge in [-0.05, 0) is 19.1 Å². The van der Waals surface area contributed by atoms with Crippen LogP contribution in [-0.4, -0.2) is 5.11 Å². The highest BCUT2D eigenvalue weighted by Crippen LogP contribution is 2.22. The number of allylic oxidation sites excluding steroid dienone is 1. The smallest absolute Gasteiger partial charge is 0.127 e. The average molecular weight is 167 g/mol. The fourth-order valence-electron chi connectivity index (χ4n) is 0.904. The summed E-state index contributed by atoms with van der Waals surface area (Å²) in [5, 5.41) is 9.23. The van der Waals surface area contributed by atoms with Crippen molar-refractivity contribution in [2.75, 3.05) is 0 Å². The van der Waals surface area contributed by atoms with Gasteiger partial charge in [-0.15, -0.1) is 0 Å². The second-order valence-corrected chi connectivity index (χ2v) is 2.41. The Hall–Kier alpha value is -1.51. The van der Waals surface area contributed by atoms with Crippen molar-refractivity contribution in [3.63, 3.8) is 0 Å². The normalized spacial score (nSPS) is 11.7. The minimum absolute atomic E-state index is 0.134. The van der Waals surface area contributed by atoms with Crippen LogP contribution in [0.4, 0.5) is 4.39 Å². The van der Waals surface area contributed by atoms with Crippen molar-refractivity contribution in [1.29, 1.82) is 0 Å². The molecule has 0 aliphatic carbocycles. The van der Waals surface area contributed by atoms with Crippen LogP contribution in [0.3, 0.4) is 0 Å². The molecule has 0 saturated carbocycles. The third-order valence-corrected chi connectivity index (χ3v) is 1.58. The van der Waals surface area contributed by atoms with Crippen LogP contribution < -0.4 is 5.73 Å². The Balaban J connectivity index is 3.18. The largest absolute Gasteiger partial charge is 0.507 e. The molecule has 12 heavy (non-hydrogen) atoms. The van der Waals surface area contributed by atoms with Gasteiger partial charge in [0.1, 0.15) is 11.6 Å². The Kier molecular flexibility index (Phi) is 2.33. The Bertz CT molecular complexity index is 320. The maximum Gasteiger partial charge on any atom is 0.127 e. The topological polar surface area (TPSA) is 46.2 Å². The van der Waals surface area contributed by atoms with Crippen LogP contribution in [0, 0.1) is 5.82 Å². The predicted molar refractivity (Wildman–Crippen MR) is 45.9 cm³/mol. The number of benzene rings is 1. The highest BCUT2D eigenvalue weighted by molar-refractivity contribution is 5.67. The molecule has 0 amide bonds. The molecule has 1 aromatic carbocycles. The highest BCUT2D eigenvalue weighted by atomic mass is 19.1. The lowest BCUT2D eigenvalue weighted by atomic mass is 10.1. The molecule has 0 aromatic heterocycles. The monoisotopic (exact) mass is 167 g/mol. The molecule has 0 unspecified atom stereocenters.